The first-order valence-corrected chi connectivity index (χ1v) is 5.60. The molecule has 0 bridgehead atoms. The van der Waals surface area contributed by atoms with E-state index in [1.807, 2.05) is 6.92 Å². The second-order valence-electron chi connectivity index (χ2n) is 4.12. The number of halogens is 1. The maximum absolute atomic E-state index is 12.9. The Bertz CT molecular complexity index is 557. The highest BCUT2D eigenvalue weighted by atomic mass is 19.1. The first kappa shape index (κ1) is 12.2. The molecule has 4 heteroatoms. The van der Waals surface area contributed by atoms with Crippen LogP contribution in [0.5, 0.6) is 11.5 Å². The van der Waals surface area contributed by atoms with Crippen molar-refractivity contribution in [3.05, 3.63) is 53.8 Å². The zero-order valence-electron chi connectivity index (χ0n) is 9.89. The van der Waals surface area contributed by atoms with Crippen LogP contribution in [0.3, 0.4) is 0 Å². The number of hydrogen-bond donors (Lipinski definition) is 3. The summed E-state index contributed by atoms with van der Waals surface area (Å²) < 4.78 is 12.9. The van der Waals surface area contributed by atoms with E-state index in [1.165, 1.54) is 12.1 Å². The third-order valence-corrected chi connectivity index (χ3v) is 2.69. The number of phenols is 2. The first-order chi connectivity index (χ1) is 8.56. The molecule has 3 nitrogen and oxygen atoms in total. The van der Waals surface area contributed by atoms with Gasteiger partial charge >= 0.3 is 0 Å². The summed E-state index contributed by atoms with van der Waals surface area (Å²) in [5, 5.41) is 22.1. The molecule has 18 heavy (non-hydrogen) atoms. The molecule has 0 saturated heterocycles. The maximum atomic E-state index is 12.9. The fraction of sp³-hybridized carbons (Fsp3) is 0.143. The summed E-state index contributed by atoms with van der Waals surface area (Å²) in [6, 6.07) is 10.4. The van der Waals surface area contributed by atoms with Crippen molar-refractivity contribution in [3.8, 4) is 11.5 Å². The van der Waals surface area contributed by atoms with Crippen molar-refractivity contribution in [1.29, 1.82) is 0 Å². The van der Waals surface area contributed by atoms with Gasteiger partial charge in [0.1, 0.15) is 17.3 Å². The first-order valence-electron chi connectivity index (χ1n) is 5.60. The van der Waals surface area contributed by atoms with Crippen LogP contribution in [0.15, 0.2) is 42.5 Å². The van der Waals surface area contributed by atoms with E-state index in [2.05, 4.69) is 5.32 Å². The number of benzene rings is 2. The van der Waals surface area contributed by atoms with Crippen LogP contribution in [0, 0.1) is 5.82 Å². The van der Waals surface area contributed by atoms with Crippen LogP contribution in [-0.4, -0.2) is 10.2 Å². The Morgan fingerprint density at radius 1 is 1.11 bits per heavy atom. The van der Waals surface area contributed by atoms with Crippen molar-refractivity contribution < 1.29 is 14.6 Å². The van der Waals surface area contributed by atoms with Crippen LogP contribution in [0.4, 0.5) is 10.1 Å². The summed E-state index contributed by atoms with van der Waals surface area (Å²) in [5.41, 5.74) is 1.32. The predicted octanol–water partition coefficient (Wildman–Crippen LogP) is 3.41. The van der Waals surface area contributed by atoms with Gasteiger partial charge in [-0.1, -0.05) is 12.1 Å². The van der Waals surface area contributed by atoms with Crippen LogP contribution in [0.1, 0.15) is 18.5 Å². The molecule has 0 radical (unpaired) electrons. The topological polar surface area (TPSA) is 52.5 Å². The molecule has 2 aromatic carbocycles. The van der Waals surface area contributed by atoms with Gasteiger partial charge in [0.05, 0.1) is 6.04 Å². The molecule has 0 spiro atoms. The molecule has 0 fully saturated rings. The largest absolute Gasteiger partial charge is 0.508 e. The van der Waals surface area contributed by atoms with Gasteiger partial charge in [-0.2, -0.15) is 0 Å². The second kappa shape index (κ2) is 4.96. The standard InChI is InChI=1S/C14H14FNO2/c1-9(13-6-5-10(15)7-14(13)18)16-11-3-2-4-12(17)8-11/h2-9,16-18H,1H3. The summed E-state index contributed by atoms with van der Waals surface area (Å²) in [6.07, 6.45) is 0. The third kappa shape index (κ3) is 2.71. The van der Waals surface area contributed by atoms with E-state index in [0.29, 0.717) is 5.56 Å². The summed E-state index contributed by atoms with van der Waals surface area (Å²) in [7, 11) is 0. The molecule has 2 aromatic rings. The predicted molar refractivity (Wildman–Crippen MR) is 68.2 cm³/mol. The molecular formula is C14H14FNO2. The number of nitrogens with one attached hydrogen (secondary N) is 1. The minimum atomic E-state index is -0.471. The van der Waals surface area contributed by atoms with Crippen molar-refractivity contribution >= 4 is 5.69 Å². The number of phenolic OH excluding ortho intramolecular Hbond substituents is 2. The lowest BCUT2D eigenvalue weighted by Crippen LogP contribution is -2.06. The van der Waals surface area contributed by atoms with Gasteiger partial charge in [0, 0.05) is 23.4 Å². The monoisotopic (exact) mass is 247 g/mol. The van der Waals surface area contributed by atoms with Crippen molar-refractivity contribution in [1.82, 2.24) is 0 Å². The fourth-order valence-corrected chi connectivity index (χ4v) is 1.81. The molecule has 0 heterocycles. The summed E-state index contributed by atoms with van der Waals surface area (Å²) in [6.45, 7) is 1.84. The zero-order valence-corrected chi connectivity index (χ0v) is 9.89. The molecule has 0 saturated carbocycles. The highest BCUT2D eigenvalue weighted by Gasteiger charge is 2.11. The number of aromatic hydroxyl groups is 2. The zero-order chi connectivity index (χ0) is 13.1. The van der Waals surface area contributed by atoms with Crippen LogP contribution in [0.2, 0.25) is 0 Å². The van der Waals surface area contributed by atoms with Crippen LogP contribution in [-0.2, 0) is 0 Å². The van der Waals surface area contributed by atoms with Gasteiger partial charge in [-0.05, 0) is 25.1 Å². The lowest BCUT2D eigenvalue weighted by Gasteiger charge is -2.17. The van der Waals surface area contributed by atoms with E-state index in [9.17, 15) is 14.6 Å². The molecular weight excluding hydrogens is 233 g/mol. The number of anilines is 1. The van der Waals surface area contributed by atoms with E-state index >= 15 is 0 Å². The SMILES string of the molecule is CC(Nc1cccc(O)c1)c1ccc(F)cc1O. The average molecular weight is 247 g/mol. The van der Waals surface area contributed by atoms with Crippen LogP contribution >= 0.6 is 0 Å². The van der Waals surface area contributed by atoms with Crippen LogP contribution < -0.4 is 5.32 Å². The van der Waals surface area contributed by atoms with Crippen molar-refractivity contribution in [3.63, 3.8) is 0 Å². The van der Waals surface area contributed by atoms with Gasteiger partial charge in [0.25, 0.3) is 0 Å². The molecule has 94 valence electrons. The molecule has 1 atom stereocenters. The maximum Gasteiger partial charge on any atom is 0.126 e. The normalized spacial score (nSPS) is 12.1. The summed E-state index contributed by atoms with van der Waals surface area (Å²) in [5.74, 6) is -0.397. The number of rotatable bonds is 3. The highest BCUT2D eigenvalue weighted by Crippen LogP contribution is 2.28. The molecule has 0 aliphatic heterocycles. The van der Waals surface area contributed by atoms with Gasteiger partial charge in [-0.15, -0.1) is 0 Å². The fourth-order valence-electron chi connectivity index (χ4n) is 1.81. The molecule has 3 N–H and O–H groups in total. The Balaban J connectivity index is 2.19. The van der Waals surface area contributed by atoms with E-state index in [4.69, 9.17) is 0 Å². The molecule has 2 rings (SSSR count). The Morgan fingerprint density at radius 3 is 2.56 bits per heavy atom. The van der Waals surface area contributed by atoms with E-state index in [-0.39, 0.29) is 17.5 Å². The Labute approximate surface area is 105 Å². The number of hydrogen-bond acceptors (Lipinski definition) is 3. The molecule has 1 unspecified atom stereocenters. The summed E-state index contributed by atoms with van der Waals surface area (Å²) in [4.78, 5) is 0. The van der Waals surface area contributed by atoms with E-state index < -0.39 is 5.82 Å². The Kier molecular flexibility index (Phi) is 3.37. The Morgan fingerprint density at radius 2 is 1.89 bits per heavy atom. The smallest absolute Gasteiger partial charge is 0.126 e. The molecule has 0 aliphatic carbocycles. The van der Waals surface area contributed by atoms with Gasteiger partial charge in [0.2, 0.25) is 0 Å². The van der Waals surface area contributed by atoms with Crippen molar-refractivity contribution in [2.45, 2.75) is 13.0 Å². The molecule has 0 aromatic heterocycles. The lowest BCUT2D eigenvalue weighted by atomic mass is 10.1. The van der Waals surface area contributed by atoms with Gasteiger partial charge in [-0.25, -0.2) is 4.39 Å². The lowest BCUT2D eigenvalue weighted by molar-refractivity contribution is 0.459. The van der Waals surface area contributed by atoms with E-state index in [0.717, 1.165) is 11.8 Å². The Hall–Kier alpha value is -2.23. The second-order valence-corrected chi connectivity index (χ2v) is 4.12. The van der Waals surface area contributed by atoms with E-state index in [1.54, 1.807) is 24.3 Å². The summed E-state index contributed by atoms with van der Waals surface area (Å²) >= 11 is 0. The quantitative estimate of drug-likeness (QED) is 0.779. The molecule has 0 aliphatic rings. The van der Waals surface area contributed by atoms with Crippen molar-refractivity contribution in [2.75, 3.05) is 5.32 Å². The minimum Gasteiger partial charge on any atom is -0.508 e. The van der Waals surface area contributed by atoms with Gasteiger partial charge in [-0.3, -0.25) is 0 Å². The van der Waals surface area contributed by atoms with Gasteiger partial charge < -0.3 is 15.5 Å². The van der Waals surface area contributed by atoms with Crippen molar-refractivity contribution in [2.24, 2.45) is 0 Å². The average Bonchev–Trinajstić information content (AvgIpc) is 2.28. The van der Waals surface area contributed by atoms with Gasteiger partial charge in [0.15, 0.2) is 0 Å². The minimum absolute atomic E-state index is 0.0878. The highest BCUT2D eigenvalue weighted by molar-refractivity contribution is 5.50. The third-order valence-electron chi connectivity index (χ3n) is 2.69. The van der Waals surface area contributed by atoms with Crippen LogP contribution in [0.25, 0.3) is 0 Å². The molecule has 0 amide bonds.